The van der Waals surface area contributed by atoms with Crippen molar-refractivity contribution in [3.8, 4) is 11.5 Å². The first-order chi connectivity index (χ1) is 19.4. The van der Waals surface area contributed by atoms with Crippen molar-refractivity contribution in [2.24, 2.45) is 20.5 Å². The number of rotatable bonds is 12. The normalized spacial score (nSPS) is 11.8. The van der Waals surface area contributed by atoms with Crippen LogP contribution in [0.5, 0.6) is 11.5 Å². The van der Waals surface area contributed by atoms with Crippen molar-refractivity contribution >= 4 is 55.1 Å². The van der Waals surface area contributed by atoms with E-state index in [2.05, 4.69) is 25.4 Å². The Hall–Kier alpha value is -4.49. The van der Waals surface area contributed by atoms with Crippen LogP contribution in [0.2, 0.25) is 0 Å². The van der Waals surface area contributed by atoms with Gasteiger partial charge in [-0.3, -0.25) is 10.1 Å². The SMILES string of the molecule is [2H]CCCN(CCO)c1ccc(N=Nc2cc(OC)c(N=Nc3nc4ccc([N+](=O)[O-])cc4s3)cc2OC)cc1. The first-order valence-electron chi connectivity index (χ1n) is 12.6. The smallest absolute Gasteiger partial charge is 0.270 e. The van der Waals surface area contributed by atoms with Crippen LogP contribution < -0.4 is 14.4 Å². The van der Waals surface area contributed by atoms with Gasteiger partial charge in [-0.2, -0.15) is 5.11 Å². The van der Waals surface area contributed by atoms with Gasteiger partial charge in [0, 0.05) is 44.4 Å². The average Bonchev–Trinajstić information content (AvgIpc) is 3.39. The monoisotopic (exact) mass is 550 g/mol. The molecule has 0 fully saturated rings. The molecular weight excluding hydrogens is 522 g/mol. The summed E-state index contributed by atoms with van der Waals surface area (Å²) in [5.41, 5.74) is 2.93. The van der Waals surface area contributed by atoms with Gasteiger partial charge in [-0.25, -0.2) is 4.98 Å². The van der Waals surface area contributed by atoms with E-state index in [1.165, 1.54) is 37.7 Å². The molecule has 0 saturated carbocycles. The van der Waals surface area contributed by atoms with Crippen molar-refractivity contribution in [1.29, 1.82) is 0 Å². The Kier molecular flexibility index (Phi) is 8.61. The summed E-state index contributed by atoms with van der Waals surface area (Å²) in [5, 5.41) is 37.8. The number of aliphatic hydroxyl groups is 1. The number of aliphatic hydroxyl groups excluding tert-OH is 1. The van der Waals surface area contributed by atoms with E-state index >= 15 is 0 Å². The second-order valence-electron chi connectivity index (χ2n) is 8.08. The Labute approximate surface area is 229 Å². The zero-order valence-electron chi connectivity index (χ0n) is 22.4. The molecule has 39 heavy (non-hydrogen) atoms. The quantitative estimate of drug-likeness (QED) is 0.111. The highest BCUT2D eigenvalue weighted by Crippen LogP contribution is 2.41. The number of non-ortho nitro benzene ring substituents is 1. The van der Waals surface area contributed by atoms with Gasteiger partial charge in [0.25, 0.3) is 5.69 Å². The standard InChI is InChI=1S/C26H27N7O5S/c1-4-11-32(12-13-34)18-7-5-17(6-8-18)28-29-21-15-24(38-3)22(16-23(21)37-2)30-31-26-27-20-10-9-19(33(35)36)14-25(20)39-26/h5-10,14-16,34H,4,11-13H2,1-3H3/i1D. The second-order valence-corrected chi connectivity index (χ2v) is 9.09. The molecule has 0 atom stereocenters. The van der Waals surface area contributed by atoms with Gasteiger partial charge < -0.3 is 19.5 Å². The summed E-state index contributed by atoms with van der Waals surface area (Å²) in [4.78, 5) is 17.0. The molecule has 0 spiro atoms. The van der Waals surface area contributed by atoms with Gasteiger partial charge in [0.05, 0.1) is 41.7 Å². The number of hydrogen-bond acceptors (Lipinski definition) is 12. The highest BCUT2D eigenvalue weighted by atomic mass is 32.1. The maximum Gasteiger partial charge on any atom is 0.270 e. The number of anilines is 1. The summed E-state index contributed by atoms with van der Waals surface area (Å²) in [6.07, 6.45) is 0.712. The Morgan fingerprint density at radius 3 is 2.31 bits per heavy atom. The molecule has 1 N–H and O–H groups in total. The summed E-state index contributed by atoms with van der Waals surface area (Å²) < 4.78 is 19.0. The van der Waals surface area contributed by atoms with Crippen LogP contribution in [0.4, 0.5) is 33.6 Å². The van der Waals surface area contributed by atoms with Crippen LogP contribution in [0.3, 0.4) is 0 Å². The number of hydrogen-bond donors (Lipinski definition) is 1. The summed E-state index contributed by atoms with van der Waals surface area (Å²) in [7, 11) is 3.00. The van der Waals surface area contributed by atoms with Gasteiger partial charge in [0.15, 0.2) is 0 Å². The van der Waals surface area contributed by atoms with Crippen LogP contribution in [-0.4, -0.2) is 48.9 Å². The third kappa shape index (κ3) is 6.69. The van der Waals surface area contributed by atoms with E-state index < -0.39 is 4.92 Å². The first kappa shape index (κ1) is 26.1. The zero-order valence-corrected chi connectivity index (χ0v) is 22.2. The molecule has 0 radical (unpaired) electrons. The van der Waals surface area contributed by atoms with Crippen molar-refractivity contribution in [3.63, 3.8) is 0 Å². The molecule has 1 aromatic heterocycles. The number of methoxy groups -OCH3 is 2. The minimum atomic E-state index is -0.457. The van der Waals surface area contributed by atoms with Gasteiger partial charge in [0.2, 0.25) is 5.13 Å². The molecule has 3 aromatic carbocycles. The van der Waals surface area contributed by atoms with Gasteiger partial charge in [-0.05, 0) is 36.8 Å². The van der Waals surface area contributed by atoms with E-state index in [1.807, 2.05) is 29.2 Å². The lowest BCUT2D eigenvalue weighted by Crippen LogP contribution is -2.27. The van der Waals surface area contributed by atoms with Crippen molar-refractivity contribution in [1.82, 2.24) is 4.98 Å². The van der Waals surface area contributed by atoms with Crippen LogP contribution in [0.15, 0.2) is 75.1 Å². The number of azo groups is 2. The fourth-order valence-corrected chi connectivity index (χ4v) is 4.52. The molecule has 12 nitrogen and oxygen atoms in total. The second kappa shape index (κ2) is 12.8. The highest BCUT2D eigenvalue weighted by molar-refractivity contribution is 7.21. The summed E-state index contributed by atoms with van der Waals surface area (Å²) in [6, 6.07) is 15.1. The number of nitrogens with zero attached hydrogens (tertiary/aromatic N) is 7. The number of thiazole rings is 1. The fraction of sp³-hybridized carbons (Fsp3) is 0.269. The maximum absolute atomic E-state index is 11.0. The molecule has 1 heterocycles. The van der Waals surface area contributed by atoms with Crippen molar-refractivity contribution < 1.29 is 20.9 Å². The summed E-state index contributed by atoms with van der Waals surface area (Å²) >= 11 is 1.18. The van der Waals surface area contributed by atoms with Crippen molar-refractivity contribution in [2.45, 2.75) is 13.3 Å². The highest BCUT2D eigenvalue weighted by Gasteiger charge is 2.13. The molecule has 0 aliphatic rings. The predicted octanol–water partition coefficient (Wildman–Crippen LogP) is 7.26. The molecule has 0 aliphatic carbocycles. The van der Waals surface area contributed by atoms with Gasteiger partial charge in [0.1, 0.15) is 22.9 Å². The molecule has 0 unspecified atom stereocenters. The number of nitro groups is 1. The van der Waals surface area contributed by atoms with Crippen molar-refractivity contribution in [3.05, 3.63) is 64.7 Å². The number of aromatic nitrogens is 1. The van der Waals surface area contributed by atoms with Gasteiger partial charge in [-0.1, -0.05) is 18.2 Å². The van der Waals surface area contributed by atoms with Crippen LogP contribution in [0, 0.1) is 10.1 Å². The van der Waals surface area contributed by atoms with E-state index in [9.17, 15) is 15.2 Å². The molecular formula is C26H27N7O5S. The first-order valence-corrected chi connectivity index (χ1v) is 12.7. The van der Waals surface area contributed by atoms with E-state index in [1.54, 1.807) is 18.2 Å². The minimum Gasteiger partial charge on any atom is -0.494 e. The van der Waals surface area contributed by atoms with E-state index in [4.69, 9.17) is 10.8 Å². The van der Waals surface area contributed by atoms with Crippen LogP contribution in [0.1, 0.15) is 14.7 Å². The summed E-state index contributed by atoms with van der Waals surface area (Å²) in [6.45, 7) is 1.53. The maximum atomic E-state index is 11.0. The lowest BCUT2D eigenvalue weighted by molar-refractivity contribution is -0.384. The predicted molar refractivity (Wildman–Crippen MR) is 150 cm³/mol. The molecule has 0 saturated heterocycles. The van der Waals surface area contributed by atoms with E-state index in [0.717, 1.165) is 5.69 Å². The van der Waals surface area contributed by atoms with Crippen LogP contribution in [0.25, 0.3) is 10.2 Å². The minimum absolute atomic E-state index is 0.0179. The Balaban J connectivity index is 1.54. The molecule has 0 amide bonds. The Bertz CT molecular complexity index is 1530. The largest absolute Gasteiger partial charge is 0.494 e. The number of fused-ring (bicyclic) bond motifs is 1. The molecule has 202 valence electrons. The fourth-order valence-electron chi connectivity index (χ4n) is 3.70. The van der Waals surface area contributed by atoms with Gasteiger partial charge in [-0.15, -0.1) is 15.3 Å². The molecule has 4 rings (SSSR count). The van der Waals surface area contributed by atoms with Crippen LogP contribution >= 0.6 is 11.3 Å². The zero-order chi connectivity index (χ0) is 28.5. The van der Waals surface area contributed by atoms with Crippen molar-refractivity contribution in [2.75, 3.05) is 38.8 Å². The Morgan fingerprint density at radius 2 is 1.69 bits per heavy atom. The average molecular weight is 551 g/mol. The van der Waals surface area contributed by atoms with E-state index in [0.29, 0.717) is 70.3 Å². The number of ether oxygens (including phenoxy) is 2. The third-order valence-corrected chi connectivity index (χ3v) is 6.48. The lowest BCUT2D eigenvalue weighted by atomic mass is 10.2. The van der Waals surface area contributed by atoms with E-state index in [-0.39, 0.29) is 12.3 Å². The van der Waals surface area contributed by atoms with Gasteiger partial charge >= 0.3 is 0 Å². The third-order valence-electron chi connectivity index (χ3n) is 5.58. The molecule has 4 aromatic rings. The molecule has 13 heteroatoms. The lowest BCUT2D eigenvalue weighted by Gasteiger charge is -2.23. The van der Waals surface area contributed by atoms with Crippen LogP contribution in [-0.2, 0) is 0 Å². The summed E-state index contributed by atoms with van der Waals surface area (Å²) in [5.74, 6) is 0.791. The number of nitro benzene ring substituents is 1. The number of benzene rings is 3. The topological polar surface area (TPSA) is 147 Å². The molecule has 0 aliphatic heterocycles. The Morgan fingerprint density at radius 1 is 1.00 bits per heavy atom. The molecule has 0 bridgehead atoms.